The number of fused-ring (bicyclic) bond motifs is 1. The topological polar surface area (TPSA) is 74.1 Å². The van der Waals surface area contributed by atoms with Crippen molar-refractivity contribution in [3.8, 4) is 0 Å². The molecule has 5 nitrogen and oxygen atoms in total. The van der Waals surface area contributed by atoms with E-state index in [0.29, 0.717) is 11.8 Å². The molecule has 0 radical (unpaired) electrons. The maximum atomic E-state index is 12.0. The van der Waals surface area contributed by atoms with Gasteiger partial charge in [0.1, 0.15) is 12.1 Å². The van der Waals surface area contributed by atoms with Crippen LogP contribution in [0.5, 0.6) is 0 Å². The van der Waals surface area contributed by atoms with Crippen LogP contribution in [0.4, 0.5) is 5.69 Å². The minimum Gasteiger partial charge on any atom is -0.438 e. The van der Waals surface area contributed by atoms with Crippen LogP contribution in [0.25, 0.3) is 11.1 Å². The van der Waals surface area contributed by atoms with E-state index in [1.54, 1.807) is 18.3 Å². The highest BCUT2D eigenvalue weighted by Crippen LogP contribution is 2.22. The van der Waals surface area contributed by atoms with Gasteiger partial charge in [-0.1, -0.05) is 26.0 Å². The van der Waals surface area contributed by atoms with Gasteiger partial charge < -0.3 is 14.7 Å². The van der Waals surface area contributed by atoms with E-state index >= 15 is 0 Å². The molecule has 0 bridgehead atoms. The van der Waals surface area contributed by atoms with Crippen LogP contribution >= 0.6 is 0 Å². The number of para-hydroxylation sites is 1. The Morgan fingerprint density at radius 1 is 1.27 bits per heavy atom. The Hall–Kier alpha value is -2.56. The van der Waals surface area contributed by atoms with E-state index < -0.39 is 0 Å². The third kappa shape index (κ3) is 2.74. The van der Waals surface area contributed by atoms with E-state index in [9.17, 15) is 4.79 Å². The van der Waals surface area contributed by atoms with Gasteiger partial charge in [0, 0.05) is 6.20 Å². The summed E-state index contributed by atoms with van der Waals surface area (Å²) in [6, 6.07) is 9.30. The molecule has 3 rings (SSSR count). The molecule has 0 amide bonds. The fraction of sp³-hybridized carbons (Fsp3) is 0.294. The first-order chi connectivity index (χ1) is 10.5. The van der Waals surface area contributed by atoms with E-state index in [0.717, 1.165) is 23.1 Å². The van der Waals surface area contributed by atoms with Gasteiger partial charge in [-0.15, -0.1) is 0 Å². The molecule has 22 heavy (non-hydrogen) atoms. The number of hydrogen-bond acceptors (Lipinski definition) is 4. The second-order valence-electron chi connectivity index (χ2n) is 5.87. The molecule has 0 fully saturated rings. The molecule has 0 saturated carbocycles. The fourth-order valence-corrected chi connectivity index (χ4v) is 2.55. The molecule has 1 aromatic carbocycles. The summed E-state index contributed by atoms with van der Waals surface area (Å²) in [5.74, 6) is 1.05. The van der Waals surface area contributed by atoms with Gasteiger partial charge >= 0.3 is 0 Å². The molecule has 0 aliphatic carbocycles. The second kappa shape index (κ2) is 5.67. The number of nitrogen functional groups attached to an aromatic ring is 1. The fourth-order valence-electron chi connectivity index (χ4n) is 2.55. The van der Waals surface area contributed by atoms with Crippen LogP contribution in [0.1, 0.15) is 25.3 Å². The Morgan fingerprint density at radius 2 is 2.09 bits per heavy atom. The number of rotatable bonds is 4. The zero-order valence-electron chi connectivity index (χ0n) is 12.7. The molecule has 2 N–H and O–H groups in total. The van der Waals surface area contributed by atoms with Crippen molar-refractivity contribution in [2.45, 2.75) is 26.8 Å². The van der Waals surface area contributed by atoms with Crippen molar-refractivity contribution >= 4 is 16.8 Å². The molecule has 2 heterocycles. The first kappa shape index (κ1) is 14.4. The molecular weight excluding hydrogens is 278 g/mol. The standard InChI is InChI=1S/C17H19N3O2/c1-11(2)9-12-5-3-7-14-16(12)22-15(19-14)10-20-8-4-6-13(18)17(20)21/h3-8,11H,9-10,18H2,1-2H3. The summed E-state index contributed by atoms with van der Waals surface area (Å²) >= 11 is 0. The van der Waals surface area contributed by atoms with Crippen LogP contribution in [-0.4, -0.2) is 9.55 Å². The number of nitrogens with two attached hydrogens (primary N) is 1. The van der Waals surface area contributed by atoms with Crippen molar-refractivity contribution in [1.29, 1.82) is 0 Å². The normalized spacial score (nSPS) is 11.4. The maximum Gasteiger partial charge on any atom is 0.274 e. The number of anilines is 1. The lowest BCUT2D eigenvalue weighted by atomic mass is 10.0. The van der Waals surface area contributed by atoms with Crippen molar-refractivity contribution in [1.82, 2.24) is 9.55 Å². The van der Waals surface area contributed by atoms with E-state index in [-0.39, 0.29) is 17.8 Å². The van der Waals surface area contributed by atoms with E-state index in [1.165, 1.54) is 4.57 Å². The summed E-state index contributed by atoms with van der Waals surface area (Å²) in [6.07, 6.45) is 2.62. The number of pyridine rings is 1. The lowest BCUT2D eigenvalue weighted by molar-refractivity contribution is 0.500. The first-order valence-corrected chi connectivity index (χ1v) is 7.37. The highest BCUT2D eigenvalue weighted by Gasteiger charge is 2.12. The molecular formula is C17H19N3O2. The van der Waals surface area contributed by atoms with Crippen LogP contribution in [0, 0.1) is 5.92 Å². The quantitative estimate of drug-likeness (QED) is 0.803. The van der Waals surface area contributed by atoms with E-state index in [2.05, 4.69) is 24.9 Å². The highest BCUT2D eigenvalue weighted by atomic mass is 16.3. The summed E-state index contributed by atoms with van der Waals surface area (Å²) in [6.45, 7) is 4.62. The largest absolute Gasteiger partial charge is 0.438 e. The van der Waals surface area contributed by atoms with Crippen molar-refractivity contribution in [3.05, 3.63) is 58.3 Å². The lowest BCUT2D eigenvalue weighted by Gasteiger charge is -2.04. The Bertz CT molecular complexity index is 862. The van der Waals surface area contributed by atoms with Gasteiger partial charge in [-0.05, 0) is 36.1 Å². The maximum absolute atomic E-state index is 12.0. The minimum atomic E-state index is -0.229. The molecule has 0 atom stereocenters. The van der Waals surface area contributed by atoms with Crippen molar-refractivity contribution in [2.24, 2.45) is 5.92 Å². The van der Waals surface area contributed by atoms with Gasteiger partial charge in [0.2, 0.25) is 5.89 Å². The van der Waals surface area contributed by atoms with Gasteiger partial charge in [-0.2, -0.15) is 0 Å². The third-order valence-electron chi connectivity index (χ3n) is 3.52. The van der Waals surface area contributed by atoms with Crippen LogP contribution < -0.4 is 11.3 Å². The predicted octanol–water partition coefficient (Wildman–Crippen LogP) is 2.82. The Labute approximate surface area is 128 Å². The minimum absolute atomic E-state index is 0.221. The molecule has 0 aliphatic heterocycles. The number of aromatic nitrogens is 2. The number of oxazole rings is 1. The van der Waals surface area contributed by atoms with Crippen molar-refractivity contribution in [3.63, 3.8) is 0 Å². The monoisotopic (exact) mass is 297 g/mol. The van der Waals surface area contributed by atoms with Crippen LogP contribution in [0.15, 0.2) is 45.7 Å². The number of nitrogens with zero attached hydrogens (tertiary/aromatic N) is 2. The lowest BCUT2D eigenvalue weighted by Crippen LogP contribution is -2.22. The second-order valence-corrected chi connectivity index (χ2v) is 5.87. The van der Waals surface area contributed by atoms with Crippen molar-refractivity contribution in [2.75, 3.05) is 5.73 Å². The predicted molar refractivity (Wildman–Crippen MR) is 86.8 cm³/mol. The van der Waals surface area contributed by atoms with Crippen LogP contribution in [0.3, 0.4) is 0 Å². The summed E-state index contributed by atoms with van der Waals surface area (Å²) in [5.41, 5.74) is 8.41. The average Bonchev–Trinajstić information content (AvgIpc) is 2.87. The summed E-state index contributed by atoms with van der Waals surface area (Å²) in [4.78, 5) is 16.4. The van der Waals surface area contributed by atoms with Gasteiger partial charge in [0.05, 0.1) is 5.69 Å². The summed E-state index contributed by atoms with van der Waals surface area (Å²) < 4.78 is 7.39. The van der Waals surface area contributed by atoms with Crippen LogP contribution in [-0.2, 0) is 13.0 Å². The Morgan fingerprint density at radius 3 is 2.86 bits per heavy atom. The van der Waals surface area contributed by atoms with Gasteiger partial charge in [-0.25, -0.2) is 4.98 Å². The zero-order chi connectivity index (χ0) is 15.7. The molecule has 5 heteroatoms. The average molecular weight is 297 g/mol. The molecule has 0 saturated heterocycles. The number of benzene rings is 1. The SMILES string of the molecule is CC(C)Cc1cccc2nc(Cn3cccc(N)c3=O)oc12. The van der Waals surface area contributed by atoms with Gasteiger partial charge in [-0.3, -0.25) is 4.79 Å². The Balaban J connectivity index is 1.99. The molecule has 2 aromatic heterocycles. The van der Waals surface area contributed by atoms with Gasteiger partial charge in [0.25, 0.3) is 5.56 Å². The zero-order valence-corrected chi connectivity index (χ0v) is 12.7. The van der Waals surface area contributed by atoms with E-state index in [1.807, 2.05) is 12.1 Å². The smallest absolute Gasteiger partial charge is 0.274 e. The third-order valence-corrected chi connectivity index (χ3v) is 3.52. The summed E-state index contributed by atoms with van der Waals surface area (Å²) in [7, 11) is 0. The summed E-state index contributed by atoms with van der Waals surface area (Å²) in [5, 5.41) is 0. The molecule has 3 aromatic rings. The van der Waals surface area contributed by atoms with E-state index in [4.69, 9.17) is 10.2 Å². The molecule has 0 aliphatic rings. The highest BCUT2D eigenvalue weighted by molar-refractivity contribution is 5.76. The number of hydrogen-bond donors (Lipinski definition) is 1. The Kier molecular flexibility index (Phi) is 3.71. The van der Waals surface area contributed by atoms with Crippen molar-refractivity contribution < 1.29 is 4.42 Å². The van der Waals surface area contributed by atoms with Gasteiger partial charge in [0.15, 0.2) is 5.58 Å². The van der Waals surface area contributed by atoms with Crippen LogP contribution in [0.2, 0.25) is 0 Å². The molecule has 114 valence electrons. The first-order valence-electron chi connectivity index (χ1n) is 7.37. The molecule has 0 spiro atoms. The molecule has 0 unspecified atom stereocenters.